The van der Waals surface area contributed by atoms with Gasteiger partial charge in [0.15, 0.2) is 0 Å². The molecule has 0 nitrogen and oxygen atoms in total. The zero-order valence-electron chi connectivity index (χ0n) is 15.9. The van der Waals surface area contributed by atoms with E-state index in [-0.39, 0.29) is 0 Å². The molecule has 0 atom stereocenters. The first-order valence-electron chi connectivity index (χ1n) is 8.53. The molecular formula is C23H30S. The molecular weight excluding hydrogens is 308 g/mol. The molecule has 1 aromatic rings. The largest absolute Gasteiger partial charge is 0.141 e. The number of rotatable bonds is 7. The first-order chi connectivity index (χ1) is 11.4. The maximum Gasteiger partial charge on any atom is 0.0302 e. The molecule has 0 radical (unpaired) electrons. The maximum atomic E-state index is 2.25. The summed E-state index contributed by atoms with van der Waals surface area (Å²) in [5.41, 5.74) is 5.33. The first kappa shape index (κ1) is 20.2. The lowest BCUT2D eigenvalue weighted by molar-refractivity contribution is 1.10. The SMILES string of the molecule is CCC(=C\C=C(/C)c1ccc(C)s1)/C(C)=C/C=C/C=C/C=C(C)C. The van der Waals surface area contributed by atoms with Gasteiger partial charge in [0.2, 0.25) is 0 Å². The molecule has 0 spiro atoms. The van der Waals surface area contributed by atoms with Crippen LogP contribution in [0.3, 0.4) is 0 Å². The summed E-state index contributed by atoms with van der Waals surface area (Å²) in [6.45, 7) is 12.9. The molecule has 0 saturated heterocycles. The Morgan fingerprint density at radius 2 is 1.54 bits per heavy atom. The second-order valence-corrected chi connectivity index (χ2v) is 7.46. The minimum atomic E-state index is 1.04. The van der Waals surface area contributed by atoms with Gasteiger partial charge in [-0.25, -0.2) is 0 Å². The van der Waals surface area contributed by atoms with Crippen molar-refractivity contribution < 1.29 is 0 Å². The van der Waals surface area contributed by atoms with Gasteiger partial charge in [0.25, 0.3) is 0 Å². The van der Waals surface area contributed by atoms with Crippen LogP contribution in [0.4, 0.5) is 0 Å². The van der Waals surface area contributed by atoms with Crippen LogP contribution in [0.5, 0.6) is 0 Å². The Kier molecular flexibility index (Phi) is 9.11. The summed E-state index contributed by atoms with van der Waals surface area (Å²) in [7, 11) is 0. The van der Waals surface area contributed by atoms with Gasteiger partial charge in [0.1, 0.15) is 0 Å². The van der Waals surface area contributed by atoms with Crippen LogP contribution >= 0.6 is 11.3 Å². The zero-order chi connectivity index (χ0) is 17.9. The van der Waals surface area contributed by atoms with Gasteiger partial charge < -0.3 is 0 Å². The summed E-state index contributed by atoms with van der Waals surface area (Å²) >= 11 is 1.85. The fraction of sp³-hybridized carbons (Fsp3) is 0.304. The number of thiophene rings is 1. The van der Waals surface area contributed by atoms with E-state index in [1.54, 1.807) is 0 Å². The lowest BCUT2D eigenvalue weighted by Gasteiger charge is -2.03. The van der Waals surface area contributed by atoms with Gasteiger partial charge in [-0.3, -0.25) is 0 Å². The Morgan fingerprint density at radius 3 is 2.08 bits per heavy atom. The van der Waals surface area contributed by atoms with Gasteiger partial charge in [0.05, 0.1) is 0 Å². The average Bonchev–Trinajstić information content (AvgIpc) is 2.97. The van der Waals surface area contributed by atoms with E-state index >= 15 is 0 Å². The fourth-order valence-corrected chi connectivity index (χ4v) is 3.01. The highest BCUT2D eigenvalue weighted by atomic mass is 32.1. The number of hydrogen-bond donors (Lipinski definition) is 0. The van der Waals surface area contributed by atoms with Crippen LogP contribution in [0.25, 0.3) is 5.57 Å². The molecule has 1 aromatic heterocycles. The van der Waals surface area contributed by atoms with Gasteiger partial charge in [-0.15, -0.1) is 11.3 Å². The molecule has 0 unspecified atom stereocenters. The van der Waals surface area contributed by atoms with Gasteiger partial charge in [-0.2, -0.15) is 0 Å². The zero-order valence-corrected chi connectivity index (χ0v) is 16.7. The Bertz CT molecular complexity index is 696. The van der Waals surface area contributed by atoms with Crippen LogP contribution in [0, 0.1) is 6.92 Å². The van der Waals surface area contributed by atoms with E-state index < -0.39 is 0 Å². The third kappa shape index (κ3) is 7.61. The summed E-state index contributed by atoms with van der Waals surface area (Å²) in [4.78, 5) is 2.71. The quantitative estimate of drug-likeness (QED) is 0.444. The van der Waals surface area contributed by atoms with Gasteiger partial charge in [-0.05, 0) is 69.9 Å². The maximum absolute atomic E-state index is 2.25. The smallest absolute Gasteiger partial charge is 0.0302 e. The lowest BCUT2D eigenvalue weighted by atomic mass is 10.0. The van der Waals surface area contributed by atoms with Crippen molar-refractivity contribution in [3.8, 4) is 0 Å². The first-order valence-corrected chi connectivity index (χ1v) is 9.35. The van der Waals surface area contributed by atoms with Crippen molar-refractivity contribution >= 4 is 16.9 Å². The van der Waals surface area contributed by atoms with Crippen LogP contribution < -0.4 is 0 Å². The van der Waals surface area contributed by atoms with Gasteiger partial charge >= 0.3 is 0 Å². The standard InChI is InChI=1S/C23H30S/c1-7-22(16-14-20(5)23-17-15-21(6)24-23)19(4)13-11-9-8-10-12-18(2)3/h8-17H,7H2,1-6H3/b10-8+,11-9+,19-13+,20-14+,22-16+. The molecule has 1 heterocycles. The summed E-state index contributed by atoms with van der Waals surface area (Å²) < 4.78 is 0. The molecule has 0 aliphatic carbocycles. The monoisotopic (exact) mass is 338 g/mol. The molecule has 24 heavy (non-hydrogen) atoms. The average molecular weight is 339 g/mol. The van der Waals surface area contributed by atoms with E-state index in [4.69, 9.17) is 0 Å². The van der Waals surface area contributed by atoms with Crippen molar-refractivity contribution in [1.29, 1.82) is 0 Å². The normalized spacial score (nSPS) is 14.0. The van der Waals surface area contributed by atoms with Gasteiger partial charge in [0, 0.05) is 9.75 Å². The molecule has 0 saturated carbocycles. The second-order valence-electron chi connectivity index (χ2n) is 6.17. The molecule has 1 heteroatoms. The molecule has 1 rings (SSSR count). The molecule has 0 N–H and O–H groups in total. The lowest BCUT2D eigenvalue weighted by Crippen LogP contribution is -1.83. The van der Waals surface area contributed by atoms with E-state index in [2.05, 4.69) is 102 Å². The molecule has 0 aromatic carbocycles. The molecule has 0 fully saturated rings. The number of allylic oxidation sites excluding steroid dienone is 12. The number of hydrogen-bond acceptors (Lipinski definition) is 1. The second kappa shape index (κ2) is 10.8. The highest BCUT2D eigenvalue weighted by Gasteiger charge is 1.99. The van der Waals surface area contributed by atoms with Gasteiger partial charge in [-0.1, -0.05) is 61.1 Å². The van der Waals surface area contributed by atoms with E-state index in [9.17, 15) is 0 Å². The fourth-order valence-electron chi connectivity index (χ4n) is 2.17. The summed E-state index contributed by atoms with van der Waals surface area (Å²) in [5, 5.41) is 0. The highest BCUT2D eigenvalue weighted by Crippen LogP contribution is 2.24. The summed E-state index contributed by atoms with van der Waals surface area (Å²) in [5.74, 6) is 0. The Morgan fingerprint density at radius 1 is 0.875 bits per heavy atom. The summed E-state index contributed by atoms with van der Waals surface area (Å²) in [6, 6.07) is 4.38. The van der Waals surface area contributed by atoms with E-state index in [0.717, 1.165) is 6.42 Å². The Hall–Kier alpha value is -1.86. The van der Waals surface area contributed by atoms with Crippen molar-refractivity contribution in [2.24, 2.45) is 0 Å². The van der Waals surface area contributed by atoms with Crippen LogP contribution in [0.1, 0.15) is 50.8 Å². The molecule has 0 amide bonds. The topological polar surface area (TPSA) is 0 Å². The van der Waals surface area contributed by atoms with Crippen molar-refractivity contribution in [2.75, 3.05) is 0 Å². The molecule has 0 bridgehead atoms. The van der Waals surface area contributed by atoms with Crippen molar-refractivity contribution in [2.45, 2.75) is 48.0 Å². The number of aryl methyl sites for hydroxylation is 1. The van der Waals surface area contributed by atoms with Crippen molar-refractivity contribution in [1.82, 2.24) is 0 Å². The van der Waals surface area contributed by atoms with Crippen LogP contribution in [-0.2, 0) is 0 Å². The predicted octanol–water partition coefficient (Wildman–Crippen LogP) is 7.82. The van der Waals surface area contributed by atoms with Crippen LogP contribution in [-0.4, -0.2) is 0 Å². The third-order valence-electron chi connectivity index (χ3n) is 3.66. The minimum absolute atomic E-state index is 1.04. The minimum Gasteiger partial charge on any atom is -0.141 e. The van der Waals surface area contributed by atoms with Crippen LogP contribution in [0.2, 0.25) is 0 Å². The Balaban J connectivity index is 2.79. The van der Waals surface area contributed by atoms with Crippen LogP contribution in [0.15, 0.2) is 77.5 Å². The Labute approximate surface area is 152 Å². The molecule has 128 valence electrons. The van der Waals surface area contributed by atoms with E-state index in [1.165, 1.54) is 32.0 Å². The van der Waals surface area contributed by atoms with Crippen molar-refractivity contribution in [3.63, 3.8) is 0 Å². The molecule has 0 aliphatic heterocycles. The van der Waals surface area contributed by atoms with E-state index in [0.29, 0.717) is 0 Å². The van der Waals surface area contributed by atoms with Crippen molar-refractivity contribution in [3.05, 3.63) is 87.2 Å². The van der Waals surface area contributed by atoms with E-state index in [1.807, 2.05) is 11.3 Å². The predicted molar refractivity (Wildman–Crippen MR) is 113 cm³/mol. The summed E-state index contributed by atoms with van der Waals surface area (Å²) in [6.07, 6.45) is 18.1. The molecule has 0 aliphatic rings. The highest BCUT2D eigenvalue weighted by molar-refractivity contribution is 7.13. The third-order valence-corrected chi connectivity index (χ3v) is 4.80.